The van der Waals surface area contributed by atoms with Crippen LogP contribution in [0.15, 0.2) is 11.6 Å². The Morgan fingerprint density at radius 1 is 1.12 bits per heavy atom. The van der Waals surface area contributed by atoms with Gasteiger partial charge in [0, 0.05) is 24.0 Å². The minimum absolute atomic E-state index is 0.0652. The van der Waals surface area contributed by atoms with E-state index in [2.05, 4.69) is 10.3 Å². The monoisotopic (exact) mass is 359 g/mol. The van der Waals surface area contributed by atoms with Crippen LogP contribution in [0.1, 0.15) is 44.9 Å². The molecule has 1 atom stereocenters. The summed E-state index contributed by atoms with van der Waals surface area (Å²) in [5.41, 5.74) is 0. The molecule has 4 bridgehead atoms. The summed E-state index contributed by atoms with van der Waals surface area (Å²) in [6.45, 7) is 0.734. The van der Waals surface area contributed by atoms with Crippen LogP contribution in [0, 0.1) is 29.6 Å². The largest absolute Gasteiger partial charge is 0.330 e. The predicted molar refractivity (Wildman–Crippen MR) is 96.0 cm³/mol. The molecular weight excluding hydrogens is 334 g/mol. The minimum Gasteiger partial charge on any atom is -0.330 e. The number of rotatable bonds is 3. The number of hydrogen-bond donors (Lipinski definition) is 1. The van der Waals surface area contributed by atoms with E-state index in [1.165, 1.54) is 43.4 Å². The lowest BCUT2D eigenvalue weighted by Gasteiger charge is -2.54. The maximum atomic E-state index is 13.4. The number of aromatic nitrogens is 1. The second-order valence-electron chi connectivity index (χ2n) is 8.47. The third-order valence-corrected chi connectivity index (χ3v) is 7.70. The van der Waals surface area contributed by atoms with Gasteiger partial charge in [-0.25, -0.2) is 4.98 Å². The molecule has 4 saturated carbocycles. The fraction of sp³-hybridized carbons (Fsp3) is 0.737. The molecule has 5 nitrogen and oxygen atoms in total. The third-order valence-electron chi connectivity index (χ3n) is 7.01. The van der Waals surface area contributed by atoms with E-state index >= 15 is 0 Å². The molecule has 1 aromatic rings. The van der Waals surface area contributed by atoms with Crippen LogP contribution in [0.3, 0.4) is 0 Å². The highest BCUT2D eigenvalue weighted by molar-refractivity contribution is 7.13. The molecule has 5 fully saturated rings. The summed E-state index contributed by atoms with van der Waals surface area (Å²) >= 11 is 1.42. The van der Waals surface area contributed by atoms with Crippen LogP contribution in [0.2, 0.25) is 0 Å². The fourth-order valence-corrected chi connectivity index (χ4v) is 6.83. The number of carbonyl (C=O) groups is 2. The van der Waals surface area contributed by atoms with Crippen LogP contribution in [-0.4, -0.2) is 34.3 Å². The zero-order chi connectivity index (χ0) is 17.0. The van der Waals surface area contributed by atoms with Crippen LogP contribution in [-0.2, 0) is 9.59 Å². The van der Waals surface area contributed by atoms with E-state index in [-0.39, 0.29) is 23.8 Å². The molecule has 0 radical (unpaired) electrons. The summed E-state index contributed by atoms with van der Waals surface area (Å²) in [6, 6.07) is -0.311. The molecule has 5 aliphatic rings. The van der Waals surface area contributed by atoms with Crippen LogP contribution in [0.25, 0.3) is 0 Å². The molecule has 6 rings (SSSR count). The summed E-state index contributed by atoms with van der Waals surface area (Å²) in [5, 5.41) is 5.36. The molecule has 6 heteroatoms. The van der Waals surface area contributed by atoms with Gasteiger partial charge in [0.1, 0.15) is 6.04 Å². The Bertz CT molecular complexity index is 646. The highest BCUT2D eigenvalue weighted by Gasteiger charge is 2.52. The minimum atomic E-state index is -0.311. The summed E-state index contributed by atoms with van der Waals surface area (Å²) in [5.74, 6) is 3.28. The van der Waals surface area contributed by atoms with Gasteiger partial charge in [0.15, 0.2) is 5.13 Å². The molecule has 1 aromatic heterocycles. The number of thiazole rings is 1. The maximum Gasteiger partial charge on any atom is 0.248 e. The molecule has 2 heterocycles. The Hall–Kier alpha value is -1.43. The van der Waals surface area contributed by atoms with Crippen LogP contribution in [0.4, 0.5) is 5.13 Å². The molecule has 0 aromatic carbocycles. The molecule has 134 valence electrons. The van der Waals surface area contributed by atoms with Crippen LogP contribution < -0.4 is 5.32 Å². The van der Waals surface area contributed by atoms with Crippen molar-refractivity contribution in [3.63, 3.8) is 0 Å². The van der Waals surface area contributed by atoms with Crippen molar-refractivity contribution in [2.75, 3.05) is 11.9 Å². The summed E-state index contributed by atoms with van der Waals surface area (Å²) < 4.78 is 0. The second-order valence-corrected chi connectivity index (χ2v) is 9.37. The zero-order valence-electron chi connectivity index (χ0n) is 14.4. The Labute approximate surface area is 152 Å². The molecule has 0 spiro atoms. The average molecular weight is 359 g/mol. The Kier molecular flexibility index (Phi) is 3.84. The molecule has 25 heavy (non-hydrogen) atoms. The first-order chi connectivity index (χ1) is 12.2. The number of likely N-dealkylation sites (tertiary alicyclic amines) is 1. The lowest BCUT2D eigenvalue weighted by molar-refractivity contribution is -0.152. The summed E-state index contributed by atoms with van der Waals surface area (Å²) in [4.78, 5) is 32.1. The van der Waals surface area contributed by atoms with Gasteiger partial charge in [0.2, 0.25) is 11.8 Å². The molecule has 2 amide bonds. The van der Waals surface area contributed by atoms with Gasteiger partial charge in [-0.05, 0) is 68.6 Å². The zero-order valence-corrected chi connectivity index (χ0v) is 15.2. The number of carbonyl (C=O) groups excluding carboxylic acids is 2. The molecular formula is C19H25N3O2S. The summed E-state index contributed by atoms with van der Waals surface area (Å²) in [7, 11) is 0. The molecule has 1 saturated heterocycles. The van der Waals surface area contributed by atoms with Crippen molar-refractivity contribution in [3.8, 4) is 0 Å². The van der Waals surface area contributed by atoms with Gasteiger partial charge in [-0.3, -0.25) is 9.59 Å². The van der Waals surface area contributed by atoms with E-state index in [9.17, 15) is 9.59 Å². The van der Waals surface area contributed by atoms with Crippen LogP contribution >= 0.6 is 11.3 Å². The molecule has 1 N–H and O–H groups in total. The highest BCUT2D eigenvalue weighted by Crippen LogP contribution is 2.57. The van der Waals surface area contributed by atoms with Gasteiger partial charge in [-0.1, -0.05) is 0 Å². The van der Waals surface area contributed by atoms with Crippen molar-refractivity contribution in [1.82, 2.24) is 9.88 Å². The predicted octanol–water partition coefficient (Wildman–Crippen LogP) is 3.14. The van der Waals surface area contributed by atoms with Gasteiger partial charge in [-0.2, -0.15) is 0 Å². The quantitative estimate of drug-likeness (QED) is 0.902. The average Bonchev–Trinajstić information content (AvgIpc) is 3.25. The first-order valence-corrected chi connectivity index (χ1v) is 10.6. The van der Waals surface area contributed by atoms with Gasteiger partial charge in [-0.15, -0.1) is 11.3 Å². The standard InChI is InChI=1S/C19H25N3O2S/c23-17(21-19-20-3-5-25-19)15-2-1-4-22(15)18(24)16-13-7-11-6-12(9-13)10-14(16)8-11/h3,5,11-16H,1-2,4,6-10H2,(H,20,21,23). The lowest BCUT2D eigenvalue weighted by Crippen LogP contribution is -2.54. The first kappa shape index (κ1) is 15.8. The van der Waals surface area contributed by atoms with E-state index < -0.39 is 0 Å². The van der Waals surface area contributed by atoms with Crippen molar-refractivity contribution < 1.29 is 9.59 Å². The van der Waals surface area contributed by atoms with Crippen molar-refractivity contribution in [3.05, 3.63) is 11.6 Å². The number of nitrogens with one attached hydrogen (secondary N) is 1. The van der Waals surface area contributed by atoms with E-state index in [0.717, 1.165) is 31.2 Å². The van der Waals surface area contributed by atoms with E-state index in [0.29, 0.717) is 17.0 Å². The van der Waals surface area contributed by atoms with Gasteiger partial charge < -0.3 is 10.2 Å². The number of nitrogens with zero attached hydrogens (tertiary/aromatic N) is 2. The van der Waals surface area contributed by atoms with Crippen molar-refractivity contribution >= 4 is 28.3 Å². The number of anilines is 1. The maximum absolute atomic E-state index is 13.4. The molecule has 1 aliphatic heterocycles. The Balaban J connectivity index is 1.31. The number of hydrogen-bond acceptors (Lipinski definition) is 4. The Morgan fingerprint density at radius 2 is 1.84 bits per heavy atom. The molecule has 1 unspecified atom stereocenters. The lowest BCUT2D eigenvalue weighted by atomic mass is 9.51. The van der Waals surface area contributed by atoms with Gasteiger partial charge in [0.05, 0.1) is 0 Å². The second kappa shape index (κ2) is 6.08. The van der Waals surface area contributed by atoms with E-state index in [1.54, 1.807) is 6.20 Å². The van der Waals surface area contributed by atoms with Crippen molar-refractivity contribution in [1.29, 1.82) is 0 Å². The third kappa shape index (κ3) is 2.69. The Morgan fingerprint density at radius 3 is 2.48 bits per heavy atom. The van der Waals surface area contributed by atoms with Gasteiger partial charge >= 0.3 is 0 Å². The van der Waals surface area contributed by atoms with Gasteiger partial charge in [0.25, 0.3) is 0 Å². The first-order valence-electron chi connectivity index (χ1n) is 9.70. The summed E-state index contributed by atoms with van der Waals surface area (Å²) in [6.07, 6.45) is 9.76. The topological polar surface area (TPSA) is 62.3 Å². The fourth-order valence-electron chi connectivity index (χ4n) is 6.30. The SMILES string of the molecule is O=C(Nc1nccs1)C1CCCN1C(=O)C1C2CC3CC(C2)CC1C3. The van der Waals surface area contributed by atoms with Crippen molar-refractivity contribution in [2.45, 2.75) is 51.0 Å². The smallest absolute Gasteiger partial charge is 0.248 e. The van der Waals surface area contributed by atoms with E-state index in [4.69, 9.17) is 0 Å². The normalized spacial score (nSPS) is 39.0. The molecule has 4 aliphatic carbocycles. The van der Waals surface area contributed by atoms with Crippen LogP contribution in [0.5, 0.6) is 0 Å². The highest BCUT2D eigenvalue weighted by atomic mass is 32.1. The van der Waals surface area contributed by atoms with Crippen molar-refractivity contribution in [2.24, 2.45) is 29.6 Å². The number of amides is 2. The van der Waals surface area contributed by atoms with E-state index in [1.807, 2.05) is 10.3 Å².